The van der Waals surface area contributed by atoms with E-state index in [1.807, 2.05) is 39.0 Å². The monoisotopic (exact) mass is 491 g/mol. The Morgan fingerprint density at radius 2 is 1.66 bits per heavy atom. The molecule has 184 valence electrons. The SMILES string of the molecule is Cc1cc(C)c(NC(=O)c2sc(NC(=O)NC3CCN(Cc4ccccc4)CC3)nc2C)c(C)c1. The Hall–Kier alpha value is -3.23. The molecule has 7 nitrogen and oxygen atoms in total. The van der Waals surface area contributed by atoms with Crippen molar-refractivity contribution >= 4 is 34.1 Å². The van der Waals surface area contributed by atoms with Crippen LogP contribution >= 0.6 is 11.3 Å². The van der Waals surface area contributed by atoms with Crippen molar-refractivity contribution in [2.24, 2.45) is 0 Å². The summed E-state index contributed by atoms with van der Waals surface area (Å²) in [5.74, 6) is -0.214. The second-order valence-corrected chi connectivity index (χ2v) is 10.3. The highest BCUT2D eigenvalue weighted by Gasteiger charge is 2.22. The van der Waals surface area contributed by atoms with Crippen molar-refractivity contribution in [2.45, 2.75) is 53.1 Å². The minimum atomic E-state index is -0.280. The second kappa shape index (κ2) is 11.0. The van der Waals surface area contributed by atoms with E-state index < -0.39 is 0 Å². The van der Waals surface area contributed by atoms with Gasteiger partial charge in [-0.1, -0.05) is 59.4 Å². The molecule has 3 N–H and O–H groups in total. The van der Waals surface area contributed by atoms with E-state index in [0.717, 1.165) is 54.9 Å². The summed E-state index contributed by atoms with van der Waals surface area (Å²) in [4.78, 5) is 32.8. The van der Waals surface area contributed by atoms with E-state index >= 15 is 0 Å². The number of hydrogen-bond donors (Lipinski definition) is 3. The Balaban J connectivity index is 1.29. The summed E-state index contributed by atoms with van der Waals surface area (Å²) in [7, 11) is 0. The van der Waals surface area contributed by atoms with E-state index in [1.54, 1.807) is 6.92 Å². The van der Waals surface area contributed by atoms with Crippen molar-refractivity contribution in [3.63, 3.8) is 0 Å². The second-order valence-electron chi connectivity index (χ2n) is 9.30. The van der Waals surface area contributed by atoms with Crippen LogP contribution in [-0.2, 0) is 6.54 Å². The smallest absolute Gasteiger partial charge is 0.321 e. The van der Waals surface area contributed by atoms with Crippen LogP contribution in [0.4, 0.5) is 15.6 Å². The Morgan fingerprint density at radius 3 is 2.31 bits per heavy atom. The van der Waals surface area contributed by atoms with Crippen molar-refractivity contribution in [1.82, 2.24) is 15.2 Å². The lowest BCUT2D eigenvalue weighted by Crippen LogP contribution is -2.45. The molecule has 1 fully saturated rings. The Bertz CT molecular complexity index is 1180. The molecule has 0 atom stereocenters. The molecule has 0 radical (unpaired) electrons. The average molecular weight is 492 g/mol. The van der Waals surface area contributed by atoms with Gasteiger partial charge in [-0.05, 0) is 57.2 Å². The van der Waals surface area contributed by atoms with Crippen LogP contribution in [0.3, 0.4) is 0 Å². The molecule has 0 bridgehead atoms. The zero-order valence-corrected chi connectivity index (χ0v) is 21.6. The van der Waals surface area contributed by atoms with Crippen LogP contribution in [0, 0.1) is 27.7 Å². The highest BCUT2D eigenvalue weighted by atomic mass is 32.1. The molecule has 1 aliphatic rings. The number of urea groups is 1. The minimum Gasteiger partial charge on any atom is -0.335 e. The van der Waals surface area contributed by atoms with Gasteiger partial charge < -0.3 is 10.6 Å². The van der Waals surface area contributed by atoms with Gasteiger partial charge in [0.1, 0.15) is 4.88 Å². The topological polar surface area (TPSA) is 86.4 Å². The number of hydrogen-bond acceptors (Lipinski definition) is 5. The summed E-state index contributed by atoms with van der Waals surface area (Å²) in [6.07, 6.45) is 1.81. The first-order valence-corrected chi connectivity index (χ1v) is 12.8. The number of aromatic nitrogens is 1. The number of thiazole rings is 1. The lowest BCUT2D eigenvalue weighted by atomic mass is 10.0. The van der Waals surface area contributed by atoms with Gasteiger partial charge in [0.05, 0.1) is 5.69 Å². The van der Waals surface area contributed by atoms with Gasteiger partial charge in [-0.2, -0.15) is 0 Å². The zero-order chi connectivity index (χ0) is 24.9. The third kappa shape index (κ3) is 6.46. The maximum atomic E-state index is 12.9. The molecule has 0 saturated carbocycles. The third-order valence-corrected chi connectivity index (χ3v) is 7.38. The molecular formula is C27H33N5O2S. The van der Waals surface area contributed by atoms with Crippen molar-refractivity contribution in [2.75, 3.05) is 23.7 Å². The minimum absolute atomic E-state index is 0.123. The molecule has 35 heavy (non-hydrogen) atoms. The van der Waals surface area contributed by atoms with Crippen LogP contribution < -0.4 is 16.0 Å². The number of amides is 3. The number of piperidine rings is 1. The molecule has 2 heterocycles. The number of nitrogens with zero attached hydrogens (tertiary/aromatic N) is 2. The van der Waals surface area contributed by atoms with Crippen molar-refractivity contribution in [1.29, 1.82) is 0 Å². The van der Waals surface area contributed by atoms with Gasteiger partial charge in [-0.15, -0.1) is 0 Å². The number of anilines is 2. The van der Waals surface area contributed by atoms with Gasteiger partial charge in [-0.25, -0.2) is 9.78 Å². The molecule has 1 saturated heterocycles. The van der Waals surface area contributed by atoms with Crippen molar-refractivity contribution in [3.8, 4) is 0 Å². The van der Waals surface area contributed by atoms with Gasteiger partial charge >= 0.3 is 6.03 Å². The quantitative estimate of drug-likeness (QED) is 0.430. The van der Waals surface area contributed by atoms with Crippen LogP contribution in [0.5, 0.6) is 0 Å². The number of likely N-dealkylation sites (tertiary alicyclic amines) is 1. The normalized spacial score (nSPS) is 14.5. The first kappa shape index (κ1) is 24.9. The fourth-order valence-corrected chi connectivity index (χ4v) is 5.46. The fourth-order valence-electron chi connectivity index (χ4n) is 4.60. The maximum absolute atomic E-state index is 12.9. The van der Waals surface area contributed by atoms with E-state index in [1.165, 1.54) is 16.9 Å². The summed E-state index contributed by atoms with van der Waals surface area (Å²) in [5.41, 5.74) is 5.92. The number of aryl methyl sites for hydroxylation is 4. The Kier molecular flexibility index (Phi) is 7.83. The largest absolute Gasteiger partial charge is 0.335 e. The first-order chi connectivity index (χ1) is 16.8. The maximum Gasteiger partial charge on any atom is 0.321 e. The highest BCUT2D eigenvalue weighted by molar-refractivity contribution is 7.17. The lowest BCUT2D eigenvalue weighted by molar-refractivity contribution is 0.102. The van der Waals surface area contributed by atoms with Crippen LogP contribution in [0.1, 0.15) is 50.5 Å². The number of nitrogens with one attached hydrogen (secondary N) is 3. The van der Waals surface area contributed by atoms with Crippen LogP contribution in [0.15, 0.2) is 42.5 Å². The van der Waals surface area contributed by atoms with Crippen molar-refractivity contribution < 1.29 is 9.59 Å². The summed E-state index contributed by atoms with van der Waals surface area (Å²) in [6.45, 7) is 10.6. The molecule has 0 aliphatic carbocycles. The van der Waals surface area contributed by atoms with E-state index in [0.29, 0.717) is 15.7 Å². The van der Waals surface area contributed by atoms with Crippen LogP contribution in [0.25, 0.3) is 0 Å². The molecule has 3 aromatic rings. The van der Waals surface area contributed by atoms with Gasteiger partial charge in [0.15, 0.2) is 5.13 Å². The van der Waals surface area contributed by atoms with E-state index in [-0.39, 0.29) is 18.0 Å². The van der Waals surface area contributed by atoms with Gasteiger partial charge in [0.25, 0.3) is 5.91 Å². The Morgan fingerprint density at radius 1 is 1.00 bits per heavy atom. The summed E-state index contributed by atoms with van der Waals surface area (Å²) in [5, 5.41) is 9.31. The lowest BCUT2D eigenvalue weighted by Gasteiger charge is -2.32. The zero-order valence-electron chi connectivity index (χ0n) is 20.8. The standard InChI is InChI=1S/C27H33N5O2S/c1-17-14-18(2)23(19(3)15-17)30-25(33)24-20(4)28-27(35-24)31-26(34)29-22-10-12-32(13-11-22)16-21-8-6-5-7-9-21/h5-9,14-15,22H,10-13,16H2,1-4H3,(H,30,33)(H2,28,29,31,34). The molecule has 1 aliphatic heterocycles. The van der Waals surface area contributed by atoms with Crippen LogP contribution in [0.2, 0.25) is 0 Å². The molecule has 1 aromatic heterocycles. The number of benzene rings is 2. The van der Waals surface area contributed by atoms with Crippen LogP contribution in [-0.4, -0.2) is 41.0 Å². The van der Waals surface area contributed by atoms with E-state index in [9.17, 15) is 9.59 Å². The summed E-state index contributed by atoms with van der Waals surface area (Å²) in [6, 6.07) is 14.4. The number of rotatable bonds is 6. The summed E-state index contributed by atoms with van der Waals surface area (Å²) < 4.78 is 0. The number of carbonyl (C=O) groups excluding carboxylic acids is 2. The molecule has 0 unspecified atom stereocenters. The van der Waals surface area contributed by atoms with Gasteiger partial charge in [0.2, 0.25) is 0 Å². The molecular weight excluding hydrogens is 458 g/mol. The Labute approximate surface area is 211 Å². The number of carbonyl (C=O) groups is 2. The van der Waals surface area contributed by atoms with Gasteiger partial charge in [0, 0.05) is 31.4 Å². The molecule has 4 rings (SSSR count). The molecule has 2 aromatic carbocycles. The van der Waals surface area contributed by atoms with Crippen molar-refractivity contribution in [3.05, 3.63) is 75.3 Å². The molecule has 3 amide bonds. The predicted octanol–water partition coefficient (Wildman–Crippen LogP) is 5.42. The highest BCUT2D eigenvalue weighted by Crippen LogP contribution is 2.27. The molecule has 8 heteroatoms. The predicted molar refractivity (Wildman–Crippen MR) is 142 cm³/mol. The molecule has 0 spiro atoms. The average Bonchev–Trinajstić information content (AvgIpc) is 3.18. The van der Waals surface area contributed by atoms with E-state index in [2.05, 4.69) is 50.1 Å². The van der Waals surface area contributed by atoms with Gasteiger partial charge in [-0.3, -0.25) is 15.0 Å². The third-order valence-electron chi connectivity index (χ3n) is 6.31. The fraction of sp³-hybridized carbons (Fsp3) is 0.370. The van der Waals surface area contributed by atoms with E-state index in [4.69, 9.17) is 0 Å². The first-order valence-electron chi connectivity index (χ1n) is 12.0. The summed E-state index contributed by atoms with van der Waals surface area (Å²) >= 11 is 1.19.